The van der Waals surface area contributed by atoms with Gasteiger partial charge in [-0.05, 0) is 31.0 Å². The summed E-state index contributed by atoms with van der Waals surface area (Å²) >= 11 is 0. The number of rotatable bonds is 2. The van der Waals surface area contributed by atoms with Gasteiger partial charge in [0.25, 0.3) is 0 Å². The van der Waals surface area contributed by atoms with Gasteiger partial charge in [0.05, 0.1) is 17.9 Å². The molecule has 0 radical (unpaired) electrons. The Bertz CT molecular complexity index is 724. The third-order valence-electron chi connectivity index (χ3n) is 4.17. The second-order valence-electron chi connectivity index (χ2n) is 5.81. The van der Waals surface area contributed by atoms with Crippen molar-refractivity contribution in [2.45, 2.75) is 32.2 Å². The predicted molar refractivity (Wildman–Crippen MR) is 77.3 cm³/mol. The van der Waals surface area contributed by atoms with E-state index in [1.165, 1.54) is 16.9 Å². The normalized spacial score (nSPS) is 14.5. The molecule has 1 aliphatic heterocycles. The van der Waals surface area contributed by atoms with E-state index in [4.69, 9.17) is 11.0 Å². The number of aromatic nitrogens is 1. The second-order valence-corrected chi connectivity index (χ2v) is 5.81. The lowest BCUT2D eigenvalue weighted by Gasteiger charge is -2.15. The summed E-state index contributed by atoms with van der Waals surface area (Å²) in [6, 6.07) is 12.8. The molecule has 1 aliphatic rings. The first-order valence-corrected chi connectivity index (χ1v) is 6.84. The van der Waals surface area contributed by atoms with E-state index in [-0.39, 0.29) is 5.41 Å². The quantitative estimate of drug-likeness (QED) is 0.845. The number of nitrogens with zero attached hydrogens (tertiary/aromatic N) is 2. The van der Waals surface area contributed by atoms with E-state index >= 15 is 0 Å². The molecule has 100 valence electrons. The van der Waals surface area contributed by atoms with Crippen LogP contribution in [0.5, 0.6) is 0 Å². The Morgan fingerprint density at radius 3 is 2.70 bits per heavy atom. The topological polar surface area (TPSA) is 53.7 Å². The summed E-state index contributed by atoms with van der Waals surface area (Å²) in [4.78, 5) is 0. The molecule has 3 heteroatoms. The first-order valence-electron chi connectivity index (χ1n) is 6.84. The van der Waals surface area contributed by atoms with Crippen molar-refractivity contribution in [3.63, 3.8) is 0 Å². The molecule has 0 unspecified atom stereocenters. The van der Waals surface area contributed by atoms with E-state index in [0.29, 0.717) is 13.0 Å². The minimum Gasteiger partial charge on any atom is -0.326 e. The van der Waals surface area contributed by atoms with Crippen molar-refractivity contribution in [1.29, 1.82) is 5.26 Å². The van der Waals surface area contributed by atoms with E-state index in [9.17, 15) is 0 Å². The summed E-state index contributed by atoms with van der Waals surface area (Å²) in [5.74, 6) is 0. The summed E-state index contributed by atoms with van der Waals surface area (Å²) < 4.78 is 2.22. The smallest absolute Gasteiger partial charge is 0.215 e. The van der Waals surface area contributed by atoms with Crippen molar-refractivity contribution >= 4 is 0 Å². The zero-order valence-electron chi connectivity index (χ0n) is 11.9. The standard InChI is InChI=1S/C17H18N3/c1-17(2)14-9-13(11-19)3-4-15(14)20-8-6-12(5-7-18)10-16(17)20/h3-4,6,8-10H,5,11,19H2,1-2H3/q+1. The number of fused-ring (bicyclic) bond motifs is 3. The van der Waals surface area contributed by atoms with Crippen molar-refractivity contribution in [2.75, 3.05) is 0 Å². The van der Waals surface area contributed by atoms with Crippen molar-refractivity contribution < 1.29 is 4.57 Å². The van der Waals surface area contributed by atoms with Crippen LogP contribution in [0.25, 0.3) is 5.69 Å². The molecule has 0 spiro atoms. The molecule has 0 saturated heterocycles. The van der Waals surface area contributed by atoms with Crippen molar-refractivity contribution in [1.82, 2.24) is 0 Å². The molecule has 20 heavy (non-hydrogen) atoms. The highest BCUT2D eigenvalue weighted by Gasteiger charge is 2.43. The predicted octanol–water partition coefficient (Wildman–Crippen LogP) is 2.13. The highest BCUT2D eigenvalue weighted by atomic mass is 15.0. The Morgan fingerprint density at radius 2 is 2.00 bits per heavy atom. The van der Waals surface area contributed by atoms with E-state index in [1.807, 2.05) is 6.07 Å². The van der Waals surface area contributed by atoms with Crippen LogP contribution in [0.15, 0.2) is 36.5 Å². The molecule has 0 aliphatic carbocycles. The molecular weight excluding hydrogens is 246 g/mol. The van der Waals surface area contributed by atoms with Crippen LogP contribution >= 0.6 is 0 Å². The van der Waals surface area contributed by atoms with Gasteiger partial charge in [-0.3, -0.25) is 0 Å². The lowest BCUT2D eigenvalue weighted by molar-refractivity contribution is -0.599. The summed E-state index contributed by atoms with van der Waals surface area (Å²) in [6.07, 6.45) is 2.52. The number of hydrogen-bond acceptors (Lipinski definition) is 2. The molecule has 1 aromatic heterocycles. The Morgan fingerprint density at radius 1 is 1.20 bits per heavy atom. The van der Waals surface area contributed by atoms with Gasteiger partial charge in [0, 0.05) is 30.3 Å². The van der Waals surface area contributed by atoms with E-state index < -0.39 is 0 Å². The maximum absolute atomic E-state index is 8.87. The monoisotopic (exact) mass is 264 g/mol. The van der Waals surface area contributed by atoms with Crippen LogP contribution in [-0.4, -0.2) is 0 Å². The first kappa shape index (κ1) is 12.8. The maximum atomic E-state index is 8.87. The molecule has 0 saturated carbocycles. The zero-order chi connectivity index (χ0) is 14.3. The van der Waals surface area contributed by atoms with Gasteiger partial charge in [-0.2, -0.15) is 9.83 Å². The number of benzene rings is 1. The Balaban J connectivity index is 2.21. The molecule has 2 heterocycles. The molecule has 3 nitrogen and oxygen atoms in total. The maximum Gasteiger partial charge on any atom is 0.215 e. The zero-order valence-corrected chi connectivity index (χ0v) is 11.9. The van der Waals surface area contributed by atoms with E-state index in [1.54, 1.807) is 0 Å². The van der Waals surface area contributed by atoms with E-state index in [0.717, 1.165) is 11.1 Å². The van der Waals surface area contributed by atoms with Crippen LogP contribution in [0.2, 0.25) is 0 Å². The number of pyridine rings is 1. The highest BCUT2D eigenvalue weighted by Crippen LogP contribution is 2.38. The minimum atomic E-state index is -0.0635. The molecule has 0 bridgehead atoms. The third-order valence-corrected chi connectivity index (χ3v) is 4.17. The molecule has 0 amide bonds. The van der Waals surface area contributed by atoms with Gasteiger partial charge >= 0.3 is 0 Å². The first-order chi connectivity index (χ1) is 9.57. The van der Waals surface area contributed by atoms with Crippen LogP contribution < -0.4 is 10.3 Å². The van der Waals surface area contributed by atoms with Crippen molar-refractivity contribution in [3.05, 3.63) is 58.9 Å². The molecule has 0 atom stereocenters. The molecule has 2 aromatic rings. The summed E-state index contributed by atoms with van der Waals surface area (Å²) in [5, 5.41) is 8.87. The average molecular weight is 264 g/mol. The lowest BCUT2D eigenvalue weighted by atomic mass is 9.82. The SMILES string of the molecule is CC1(C)c2cc(CN)ccc2-[n+]2ccc(CC#N)cc21. The fourth-order valence-corrected chi connectivity index (χ4v) is 3.00. The molecule has 0 fully saturated rings. The second kappa shape index (κ2) is 4.43. The Hall–Kier alpha value is -2.18. The summed E-state index contributed by atoms with van der Waals surface area (Å²) in [6.45, 7) is 5.01. The lowest BCUT2D eigenvalue weighted by Crippen LogP contribution is -2.34. The number of nitriles is 1. The number of hydrogen-bond donors (Lipinski definition) is 1. The van der Waals surface area contributed by atoms with Crippen LogP contribution in [-0.2, 0) is 18.4 Å². The van der Waals surface area contributed by atoms with Crippen LogP contribution in [0.3, 0.4) is 0 Å². The Labute approximate surface area is 119 Å². The molecule has 2 N–H and O–H groups in total. The van der Waals surface area contributed by atoms with Gasteiger partial charge < -0.3 is 5.73 Å². The van der Waals surface area contributed by atoms with Gasteiger partial charge in [-0.1, -0.05) is 6.07 Å². The van der Waals surface area contributed by atoms with Gasteiger partial charge in [0.1, 0.15) is 0 Å². The van der Waals surface area contributed by atoms with Crippen LogP contribution in [0.4, 0.5) is 0 Å². The Kier molecular flexibility index (Phi) is 2.84. The summed E-state index contributed by atoms with van der Waals surface area (Å²) in [7, 11) is 0. The van der Waals surface area contributed by atoms with Gasteiger partial charge in [0.2, 0.25) is 5.69 Å². The molecule has 1 aromatic carbocycles. The fraction of sp³-hybridized carbons (Fsp3) is 0.294. The summed E-state index contributed by atoms with van der Waals surface area (Å²) in [5.41, 5.74) is 11.7. The van der Waals surface area contributed by atoms with Crippen molar-refractivity contribution in [3.8, 4) is 11.8 Å². The van der Waals surface area contributed by atoms with Crippen molar-refractivity contribution in [2.24, 2.45) is 5.73 Å². The van der Waals surface area contributed by atoms with Gasteiger partial charge in [0.15, 0.2) is 11.9 Å². The minimum absolute atomic E-state index is 0.0635. The average Bonchev–Trinajstić information content (AvgIpc) is 2.68. The fourth-order valence-electron chi connectivity index (χ4n) is 3.00. The van der Waals surface area contributed by atoms with Crippen LogP contribution in [0.1, 0.15) is 36.2 Å². The van der Waals surface area contributed by atoms with E-state index in [2.05, 4.69) is 54.9 Å². The highest BCUT2D eigenvalue weighted by molar-refractivity contribution is 5.50. The van der Waals surface area contributed by atoms with Crippen LogP contribution in [0, 0.1) is 11.3 Å². The molecule has 3 rings (SSSR count). The largest absolute Gasteiger partial charge is 0.326 e. The third kappa shape index (κ3) is 1.73. The van der Waals surface area contributed by atoms with Gasteiger partial charge in [-0.25, -0.2) is 0 Å². The number of nitrogens with two attached hydrogens (primary N) is 1. The molecular formula is C17H18N3+. The van der Waals surface area contributed by atoms with Gasteiger partial charge in [-0.15, -0.1) is 0 Å².